The zero-order valence-corrected chi connectivity index (χ0v) is 15.1. The van der Waals surface area contributed by atoms with Crippen molar-refractivity contribution in [1.82, 2.24) is 9.97 Å². The van der Waals surface area contributed by atoms with Gasteiger partial charge in [-0.25, -0.2) is 18.5 Å². The number of nitrogens with one attached hydrogen (secondary N) is 2. The molecule has 0 aliphatic rings. The second-order valence-electron chi connectivity index (χ2n) is 5.77. The van der Waals surface area contributed by atoms with E-state index in [-0.39, 0.29) is 17.4 Å². The number of rotatable bonds is 7. The van der Waals surface area contributed by atoms with Crippen molar-refractivity contribution in [3.05, 3.63) is 72.4 Å². The maximum absolute atomic E-state index is 11.4. The molecule has 0 radical (unpaired) electrons. The third kappa shape index (κ3) is 5.23. The molecule has 0 aliphatic heterocycles. The molecule has 0 saturated carbocycles. The van der Waals surface area contributed by atoms with Gasteiger partial charge in [0.25, 0.3) is 0 Å². The van der Waals surface area contributed by atoms with Gasteiger partial charge in [-0.1, -0.05) is 36.4 Å². The number of nitrogens with two attached hydrogens (primary N) is 1. The number of sulfonamides is 1. The Kier molecular flexibility index (Phi) is 5.65. The lowest BCUT2D eigenvalue weighted by atomic mass is 10.1. The molecular weight excluding hydrogens is 366 g/mol. The maximum atomic E-state index is 11.4. The molecule has 9 heteroatoms. The van der Waals surface area contributed by atoms with Gasteiger partial charge in [0.05, 0.1) is 11.0 Å². The van der Waals surface area contributed by atoms with Crippen molar-refractivity contribution < 1.29 is 13.5 Å². The Hall–Kier alpha value is -3.01. The van der Waals surface area contributed by atoms with Gasteiger partial charge >= 0.3 is 0 Å². The second-order valence-corrected chi connectivity index (χ2v) is 7.33. The lowest BCUT2D eigenvalue weighted by Crippen LogP contribution is -2.13. The fourth-order valence-electron chi connectivity index (χ4n) is 2.39. The molecule has 0 bridgehead atoms. The molecule has 1 heterocycles. The summed E-state index contributed by atoms with van der Waals surface area (Å²) in [6, 6.07) is 17.0. The van der Waals surface area contributed by atoms with Crippen LogP contribution in [0, 0.1) is 0 Å². The number of benzene rings is 2. The molecule has 0 saturated heterocycles. The van der Waals surface area contributed by atoms with Crippen molar-refractivity contribution in [3.8, 4) is 0 Å². The van der Waals surface area contributed by atoms with Gasteiger partial charge < -0.3 is 15.7 Å². The first kappa shape index (κ1) is 18.8. The zero-order chi connectivity index (χ0) is 19.3. The summed E-state index contributed by atoms with van der Waals surface area (Å²) in [5.41, 5.74) is 1.29. The molecule has 5 N–H and O–H groups in total. The SMILES string of the molecule is NS(=O)(=O)c1cccc(Nc2nccc(NC[C@H](O)c3ccccc3)n2)c1. The van der Waals surface area contributed by atoms with Crippen LogP contribution in [0.3, 0.4) is 0 Å². The van der Waals surface area contributed by atoms with Gasteiger partial charge in [-0.15, -0.1) is 0 Å². The van der Waals surface area contributed by atoms with Crippen LogP contribution in [-0.2, 0) is 10.0 Å². The Morgan fingerprint density at radius 3 is 2.59 bits per heavy atom. The van der Waals surface area contributed by atoms with E-state index in [4.69, 9.17) is 5.14 Å². The van der Waals surface area contributed by atoms with Crippen molar-refractivity contribution in [1.29, 1.82) is 0 Å². The summed E-state index contributed by atoms with van der Waals surface area (Å²) in [5.74, 6) is 0.797. The lowest BCUT2D eigenvalue weighted by Gasteiger charge is -2.13. The van der Waals surface area contributed by atoms with E-state index < -0.39 is 16.1 Å². The zero-order valence-electron chi connectivity index (χ0n) is 14.3. The van der Waals surface area contributed by atoms with Crippen LogP contribution in [0.4, 0.5) is 17.5 Å². The highest BCUT2D eigenvalue weighted by atomic mass is 32.2. The summed E-state index contributed by atoms with van der Waals surface area (Å²) in [6.07, 6.45) is 0.875. The van der Waals surface area contributed by atoms with E-state index in [1.807, 2.05) is 30.3 Å². The molecule has 27 heavy (non-hydrogen) atoms. The standard InChI is InChI=1S/C18H19N5O3S/c19-27(25,26)15-8-4-7-14(11-15)22-18-20-10-9-17(23-18)21-12-16(24)13-5-2-1-3-6-13/h1-11,16,24H,12H2,(H2,19,25,26)(H2,20,21,22,23)/t16-/m0/s1. The molecule has 0 unspecified atom stereocenters. The van der Waals surface area contributed by atoms with E-state index in [1.165, 1.54) is 12.1 Å². The van der Waals surface area contributed by atoms with Crippen LogP contribution in [0.1, 0.15) is 11.7 Å². The number of aliphatic hydroxyl groups excluding tert-OH is 1. The van der Waals surface area contributed by atoms with Gasteiger partial charge in [-0.3, -0.25) is 0 Å². The highest BCUT2D eigenvalue weighted by Gasteiger charge is 2.10. The Bertz CT molecular complexity index is 1010. The van der Waals surface area contributed by atoms with Crippen LogP contribution in [0.25, 0.3) is 0 Å². The largest absolute Gasteiger partial charge is 0.387 e. The van der Waals surface area contributed by atoms with Gasteiger partial charge in [0.15, 0.2) is 0 Å². The Balaban J connectivity index is 1.67. The number of nitrogens with zero attached hydrogens (tertiary/aromatic N) is 2. The van der Waals surface area contributed by atoms with Crippen LogP contribution < -0.4 is 15.8 Å². The van der Waals surface area contributed by atoms with Crippen molar-refractivity contribution in [2.45, 2.75) is 11.0 Å². The molecule has 0 aliphatic carbocycles. The first-order chi connectivity index (χ1) is 12.9. The summed E-state index contributed by atoms with van der Waals surface area (Å²) < 4.78 is 22.9. The Labute approximate surface area is 157 Å². The first-order valence-electron chi connectivity index (χ1n) is 8.11. The summed E-state index contributed by atoms with van der Waals surface area (Å²) in [5, 5.41) is 21.3. The van der Waals surface area contributed by atoms with Crippen LogP contribution >= 0.6 is 0 Å². The van der Waals surface area contributed by atoms with Crippen LogP contribution in [0.2, 0.25) is 0 Å². The van der Waals surface area contributed by atoms with E-state index in [0.717, 1.165) is 5.56 Å². The normalized spacial score (nSPS) is 12.4. The highest BCUT2D eigenvalue weighted by molar-refractivity contribution is 7.89. The van der Waals surface area contributed by atoms with Gasteiger partial charge in [0, 0.05) is 18.4 Å². The maximum Gasteiger partial charge on any atom is 0.238 e. The van der Waals surface area contributed by atoms with E-state index >= 15 is 0 Å². The molecule has 1 aromatic heterocycles. The van der Waals surface area contributed by atoms with Gasteiger partial charge in [0.1, 0.15) is 5.82 Å². The molecule has 0 amide bonds. The van der Waals surface area contributed by atoms with Crippen LogP contribution in [0.5, 0.6) is 0 Å². The first-order valence-corrected chi connectivity index (χ1v) is 9.66. The minimum atomic E-state index is -3.79. The molecule has 3 rings (SSSR count). The third-order valence-electron chi connectivity index (χ3n) is 3.74. The molecule has 140 valence electrons. The fraction of sp³-hybridized carbons (Fsp3) is 0.111. The smallest absolute Gasteiger partial charge is 0.238 e. The topological polar surface area (TPSA) is 130 Å². The number of anilines is 3. The number of hydrogen-bond acceptors (Lipinski definition) is 7. The van der Waals surface area contributed by atoms with Gasteiger partial charge in [0.2, 0.25) is 16.0 Å². The second kappa shape index (κ2) is 8.12. The molecule has 0 spiro atoms. The monoisotopic (exact) mass is 385 g/mol. The summed E-state index contributed by atoms with van der Waals surface area (Å²) >= 11 is 0. The van der Waals surface area contributed by atoms with Crippen molar-refractivity contribution >= 4 is 27.5 Å². The van der Waals surface area contributed by atoms with E-state index in [1.54, 1.807) is 24.4 Å². The molecule has 3 aromatic rings. The Morgan fingerprint density at radius 1 is 1.07 bits per heavy atom. The summed E-state index contributed by atoms with van der Waals surface area (Å²) in [7, 11) is -3.79. The minimum Gasteiger partial charge on any atom is -0.387 e. The molecule has 8 nitrogen and oxygen atoms in total. The molecule has 0 fully saturated rings. The van der Waals surface area contributed by atoms with Crippen LogP contribution in [0.15, 0.2) is 71.8 Å². The number of hydrogen-bond donors (Lipinski definition) is 4. The summed E-state index contributed by atoms with van der Waals surface area (Å²) in [6.45, 7) is 0.279. The number of aliphatic hydroxyl groups is 1. The number of primary sulfonamides is 1. The van der Waals surface area contributed by atoms with Gasteiger partial charge in [-0.2, -0.15) is 4.98 Å². The fourth-order valence-corrected chi connectivity index (χ4v) is 2.95. The van der Waals surface area contributed by atoms with Crippen molar-refractivity contribution in [2.24, 2.45) is 5.14 Å². The molecular formula is C18H19N5O3S. The Morgan fingerprint density at radius 2 is 1.85 bits per heavy atom. The predicted molar refractivity (Wildman–Crippen MR) is 103 cm³/mol. The van der Waals surface area contributed by atoms with E-state index in [9.17, 15) is 13.5 Å². The average Bonchev–Trinajstić information content (AvgIpc) is 2.67. The quantitative estimate of drug-likeness (QED) is 0.489. The number of aromatic nitrogens is 2. The highest BCUT2D eigenvalue weighted by Crippen LogP contribution is 2.18. The average molecular weight is 385 g/mol. The van der Waals surface area contributed by atoms with Gasteiger partial charge in [-0.05, 0) is 29.8 Å². The predicted octanol–water partition coefficient (Wildman–Crippen LogP) is 2.01. The minimum absolute atomic E-state index is 0.00670. The molecule has 1 atom stereocenters. The lowest BCUT2D eigenvalue weighted by molar-refractivity contribution is 0.191. The van der Waals surface area contributed by atoms with E-state index in [0.29, 0.717) is 11.5 Å². The molecule has 2 aromatic carbocycles. The van der Waals surface area contributed by atoms with Crippen molar-refractivity contribution in [3.63, 3.8) is 0 Å². The van der Waals surface area contributed by atoms with Crippen LogP contribution in [-0.4, -0.2) is 30.0 Å². The van der Waals surface area contributed by atoms with E-state index in [2.05, 4.69) is 20.6 Å². The third-order valence-corrected chi connectivity index (χ3v) is 4.65. The van der Waals surface area contributed by atoms with Crippen molar-refractivity contribution in [2.75, 3.05) is 17.2 Å². The summed E-state index contributed by atoms with van der Waals surface area (Å²) in [4.78, 5) is 8.40.